The zero-order valence-electron chi connectivity index (χ0n) is 34.1. The summed E-state index contributed by atoms with van der Waals surface area (Å²) in [5.41, 5.74) is 16.2. The maximum absolute atomic E-state index is 5.18. The van der Waals surface area contributed by atoms with E-state index in [2.05, 4.69) is 228 Å². The van der Waals surface area contributed by atoms with E-state index in [-0.39, 0.29) is 5.92 Å². The average molecular weight is 804 g/mol. The van der Waals surface area contributed by atoms with Crippen molar-refractivity contribution in [1.29, 1.82) is 0 Å². The summed E-state index contributed by atoms with van der Waals surface area (Å²) >= 11 is 0. The molecule has 0 atom stereocenters. The number of benzene rings is 9. The molecule has 12 aromatic rings. The standard InChI is InChI=1S/C58H37N5/c1-3-19-49-43(13-1)44-14-2-4-20-50(44)55(49)37-25-27-38(28-26-37)56-59-57(39-29-33-41(34-30-39)62-51-21-9-5-15-45(51)46-16-6-10-22-52(46)62)61-58(60-56)40-31-35-42(36-32-40)63-53-23-11-7-17-47(53)48-18-8-12-24-54(48)63/h1-36,55H. The molecular weight excluding hydrogens is 767 g/mol. The van der Waals surface area contributed by atoms with Crippen molar-refractivity contribution in [2.75, 3.05) is 0 Å². The molecule has 9 aromatic carbocycles. The summed E-state index contributed by atoms with van der Waals surface area (Å²) in [6, 6.07) is 78.0. The van der Waals surface area contributed by atoms with Crippen LogP contribution in [0.5, 0.6) is 0 Å². The monoisotopic (exact) mass is 803 g/mol. The molecule has 0 N–H and O–H groups in total. The fourth-order valence-electron chi connectivity index (χ4n) is 10.0. The van der Waals surface area contributed by atoms with E-state index in [0.29, 0.717) is 17.5 Å². The molecule has 0 fully saturated rings. The minimum Gasteiger partial charge on any atom is -0.309 e. The van der Waals surface area contributed by atoms with Gasteiger partial charge in [0.05, 0.1) is 22.1 Å². The first-order valence-electron chi connectivity index (χ1n) is 21.5. The number of hydrogen-bond acceptors (Lipinski definition) is 3. The lowest BCUT2D eigenvalue weighted by Crippen LogP contribution is -2.02. The number of aromatic nitrogens is 5. The maximum atomic E-state index is 5.18. The molecule has 13 rings (SSSR count). The molecule has 1 aliphatic carbocycles. The molecule has 3 heterocycles. The fraction of sp³-hybridized carbons (Fsp3) is 0.0172. The first kappa shape index (κ1) is 35.4. The van der Waals surface area contributed by atoms with Gasteiger partial charge in [-0.15, -0.1) is 0 Å². The van der Waals surface area contributed by atoms with E-state index >= 15 is 0 Å². The SMILES string of the molecule is c1ccc2c(c1)-c1ccccc1C2c1ccc(-c2nc(-c3ccc(-n4c5ccccc5c5ccccc54)cc3)nc(-c3ccc(-n4c5ccccc5c5ccccc54)cc3)n2)cc1. The molecule has 294 valence electrons. The smallest absolute Gasteiger partial charge is 0.164 e. The van der Waals surface area contributed by atoms with E-state index in [1.54, 1.807) is 0 Å². The molecule has 0 saturated heterocycles. The van der Waals surface area contributed by atoms with Crippen LogP contribution in [0.25, 0.3) is 100 Å². The van der Waals surface area contributed by atoms with Crippen LogP contribution in [0.15, 0.2) is 218 Å². The van der Waals surface area contributed by atoms with Gasteiger partial charge in [-0.1, -0.05) is 146 Å². The zero-order chi connectivity index (χ0) is 41.4. The van der Waals surface area contributed by atoms with E-state index < -0.39 is 0 Å². The van der Waals surface area contributed by atoms with Crippen LogP contribution in [0.2, 0.25) is 0 Å². The number of nitrogens with zero attached hydrogens (tertiary/aromatic N) is 5. The Labute approximate surface area is 363 Å². The summed E-state index contributed by atoms with van der Waals surface area (Å²) < 4.78 is 4.67. The van der Waals surface area contributed by atoms with Gasteiger partial charge in [0.1, 0.15) is 0 Å². The van der Waals surface area contributed by atoms with Gasteiger partial charge in [-0.25, -0.2) is 15.0 Å². The Kier molecular flexibility index (Phi) is 7.90. The zero-order valence-corrected chi connectivity index (χ0v) is 34.1. The van der Waals surface area contributed by atoms with Crippen LogP contribution < -0.4 is 0 Å². The van der Waals surface area contributed by atoms with Crippen molar-refractivity contribution in [2.45, 2.75) is 5.92 Å². The third kappa shape index (κ3) is 5.60. The highest BCUT2D eigenvalue weighted by Crippen LogP contribution is 2.48. The molecule has 5 heteroatoms. The van der Waals surface area contributed by atoms with Gasteiger partial charge in [0, 0.05) is 55.5 Å². The molecule has 0 bridgehead atoms. The molecule has 1 aliphatic rings. The summed E-state index contributed by atoms with van der Waals surface area (Å²) in [6.45, 7) is 0. The Balaban J connectivity index is 0.920. The molecule has 63 heavy (non-hydrogen) atoms. The topological polar surface area (TPSA) is 48.5 Å². The van der Waals surface area contributed by atoms with Crippen LogP contribution in [-0.4, -0.2) is 24.1 Å². The van der Waals surface area contributed by atoms with Crippen molar-refractivity contribution in [1.82, 2.24) is 24.1 Å². The van der Waals surface area contributed by atoms with Crippen LogP contribution in [0.4, 0.5) is 0 Å². The van der Waals surface area contributed by atoms with Gasteiger partial charge in [-0.2, -0.15) is 0 Å². The fourth-order valence-corrected chi connectivity index (χ4v) is 10.0. The predicted molar refractivity (Wildman–Crippen MR) is 258 cm³/mol. The lowest BCUT2D eigenvalue weighted by atomic mass is 9.89. The molecule has 3 aromatic heterocycles. The van der Waals surface area contributed by atoms with Gasteiger partial charge in [0.15, 0.2) is 17.5 Å². The van der Waals surface area contributed by atoms with E-state index in [0.717, 1.165) is 28.1 Å². The molecule has 0 radical (unpaired) electrons. The minimum absolute atomic E-state index is 0.164. The second-order valence-corrected chi connectivity index (χ2v) is 16.4. The van der Waals surface area contributed by atoms with Crippen LogP contribution >= 0.6 is 0 Å². The lowest BCUT2D eigenvalue weighted by Gasteiger charge is -2.15. The predicted octanol–water partition coefficient (Wildman–Crippen LogP) is 14.2. The van der Waals surface area contributed by atoms with E-state index in [4.69, 9.17) is 15.0 Å². The van der Waals surface area contributed by atoms with E-state index in [1.165, 1.54) is 71.4 Å². The number of rotatable bonds is 6. The van der Waals surface area contributed by atoms with Crippen molar-refractivity contribution in [3.05, 3.63) is 235 Å². The van der Waals surface area contributed by atoms with Crippen LogP contribution in [-0.2, 0) is 0 Å². The van der Waals surface area contributed by atoms with E-state index in [1.807, 2.05) is 0 Å². The first-order chi connectivity index (χ1) is 31.2. The third-order valence-corrected chi connectivity index (χ3v) is 12.9. The molecule has 5 nitrogen and oxygen atoms in total. The Morgan fingerprint density at radius 2 is 0.587 bits per heavy atom. The highest BCUT2D eigenvalue weighted by Gasteiger charge is 2.29. The lowest BCUT2D eigenvalue weighted by molar-refractivity contribution is 1.01. The highest BCUT2D eigenvalue weighted by atomic mass is 15.0. The molecule has 0 amide bonds. The summed E-state index contributed by atoms with van der Waals surface area (Å²) in [6.07, 6.45) is 0. The van der Waals surface area contributed by atoms with Crippen LogP contribution in [0.3, 0.4) is 0 Å². The normalized spacial score (nSPS) is 12.4. The Hall–Kier alpha value is -8.41. The first-order valence-corrected chi connectivity index (χ1v) is 21.5. The van der Waals surface area contributed by atoms with Crippen molar-refractivity contribution in [3.63, 3.8) is 0 Å². The highest BCUT2D eigenvalue weighted by molar-refractivity contribution is 6.10. The molecule has 0 unspecified atom stereocenters. The van der Waals surface area contributed by atoms with Gasteiger partial charge >= 0.3 is 0 Å². The minimum atomic E-state index is 0.164. The van der Waals surface area contributed by atoms with E-state index in [9.17, 15) is 0 Å². The number of hydrogen-bond donors (Lipinski definition) is 0. The van der Waals surface area contributed by atoms with Gasteiger partial charge in [0.2, 0.25) is 0 Å². The summed E-state index contributed by atoms with van der Waals surface area (Å²) in [5.74, 6) is 2.04. The average Bonchev–Trinajstić information content (AvgIpc) is 4.00. The molecule has 0 aliphatic heterocycles. The van der Waals surface area contributed by atoms with Gasteiger partial charge in [0.25, 0.3) is 0 Å². The Morgan fingerprint density at radius 1 is 0.286 bits per heavy atom. The Morgan fingerprint density at radius 3 is 0.952 bits per heavy atom. The van der Waals surface area contributed by atoms with Crippen LogP contribution in [0, 0.1) is 0 Å². The molecule has 0 saturated carbocycles. The van der Waals surface area contributed by atoms with Gasteiger partial charge < -0.3 is 9.13 Å². The number of fused-ring (bicyclic) bond motifs is 9. The van der Waals surface area contributed by atoms with Crippen LogP contribution in [0.1, 0.15) is 22.6 Å². The second kappa shape index (κ2) is 14.1. The van der Waals surface area contributed by atoms with Gasteiger partial charge in [-0.3, -0.25) is 0 Å². The van der Waals surface area contributed by atoms with Crippen molar-refractivity contribution < 1.29 is 0 Å². The largest absolute Gasteiger partial charge is 0.309 e. The summed E-state index contributed by atoms with van der Waals surface area (Å²) in [7, 11) is 0. The number of para-hydroxylation sites is 4. The molecular formula is C58H37N5. The second-order valence-electron chi connectivity index (χ2n) is 16.4. The van der Waals surface area contributed by atoms with Gasteiger partial charge in [-0.05, 0) is 101 Å². The molecule has 0 spiro atoms. The van der Waals surface area contributed by atoms with Crippen molar-refractivity contribution in [2.24, 2.45) is 0 Å². The summed E-state index contributed by atoms with van der Waals surface area (Å²) in [4.78, 5) is 15.5. The van der Waals surface area contributed by atoms with Crippen molar-refractivity contribution >= 4 is 43.6 Å². The van der Waals surface area contributed by atoms with Crippen molar-refractivity contribution in [3.8, 4) is 56.7 Å². The Bertz CT molecular complexity index is 3400. The summed E-state index contributed by atoms with van der Waals surface area (Å²) in [5, 5.41) is 4.95. The third-order valence-electron chi connectivity index (χ3n) is 12.9. The quantitative estimate of drug-likeness (QED) is 0.168. The maximum Gasteiger partial charge on any atom is 0.164 e.